The van der Waals surface area contributed by atoms with Crippen LogP contribution in [0.15, 0.2) is 83.3 Å². The van der Waals surface area contributed by atoms with Gasteiger partial charge in [-0.25, -0.2) is 4.79 Å². The summed E-state index contributed by atoms with van der Waals surface area (Å²) in [4.78, 5) is 26.8. The topological polar surface area (TPSA) is 81.7 Å². The number of carbonyl (C=O) groups is 2. The smallest absolute Gasteiger partial charge is 0.321 e. The monoisotopic (exact) mass is 553 g/mol. The van der Waals surface area contributed by atoms with Crippen molar-refractivity contribution >= 4 is 56.9 Å². The van der Waals surface area contributed by atoms with Crippen molar-refractivity contribution < 1.29 is 14.7 Å². The van der Waals surface area contributed by atoms with Crippen molar-refractivity contribution in [2.24, 2.45) is 0 Å². The Labute approximate surface area is 217 Å². The molecule has 0 radical (unpaired) electrons. The van der Waals surface area contributed by atoms with Crippen LogP contribution in [0.25, 0.3) is 6.08 Å². The maximum atomic E-state index is 12.8. The van der Waals surface area contributed by atoms with Crippen molar-refractivity contribution in [3.63, 3.8) is 0 Å². The van der Waals surface area contributed by atoms with Crippen LogP contribution in [0.5, 0.6) is 0 Å². The number of hydrogen-bond donors (Lipinski definition) is 3. The molecule has 0 atom stereocenters. The van der Waals surface area contributed by atoms with Gasteiger partial charge < -0.3 is 20.6 Å². The molecule has 1 fully saturated rings. The lowest BCUT2D eigenvalue weighted by atomic mass is 9.84. The summed E-state index contributed by atoms with van der Waals surface area (Å²) in [6, 6.07) is 21.6. The highest BCUT2D eigenvalue weighted by Crippen LogP contribution is 2.33. The lowest BCUT2D eigenvalue weighted by molar-refractivity contribution is -0.111. The first-order valence-electron chi connectivity index (χ1n) is 11.2. The Balaban J connectivity index is 1.32. The predicted octanol–water partition coefficient (Wildman–Crippen LogP) is 6.27. The number of piperidine rings is 1. The number of carbonyl (C=O) groups excluding carboxylic acids is 2. The lowest BCUT2D eigenvalue weighted by Gasteiger charge is -2.38. The van der Waals surface area contributed by atoms with Gasteiger partial charge in [0.05, 0.1) is 5.60 Å². The van der Waals surface area contributed by atoms with Gasteiger partial charge in [-0.15, -0.1) is 0 Å². The van der Waals surface area contributed by atoms with Crippen LogP contribution < -0.4 is 10.6 Å². The van der Waals surface area contributed by atoms with Gasteiger partial charge in [-0.05, 0) is 66.4 Å². The summed E-state index contributed by atoms with van der Waals surface area (Å²) in [7, 11) is 0. The van der Waals surface area contributed by atoms with E-state index in [1.165, 1.54) is 6.08 Å². The molecule has 0 saturated carbocycles. The van der Waals surface area contributed by atoms with Crippen LogP contribution in [0.1, 0.15) is 24.0 Å². The molecule has 0 unspecified atom stereocenters. The summed E-state index contributed by atoms with van der Waals surface area (Å²) in [6.07, 6.45) is 3.97. The quantitative estimate of drug-likeness (QED) is 0.325. The minimum atomic E-state index is -0.945. The first-order valence-corrected chi connectivity index (χ1v) is 12.4. The molecule has 1 aliphatic rings. The molecule has 3 aromatic rings. The molecular formula is C27H25BrClN3O3. The second-order valence-corrected chi connectivity index (χ2v) is 9.70. The third kappa shape index (κ3) is 6.51. The highest BCUT2D eigenvalue weighted by molar-refractivity contribution is 9.10. The Morgan fingerprint density at radius 1 is 0.943 bits per heavy atom. The summed E-state index contributed by atoms with van der Waals surface area (Å²) >= 11 is 9.52. The minimum absolute atomic E-state index is 0.245. The number of amides is 3. The summed E-state index contributed by atoms with van der Waals surface area (Å²) in [5.74, 6) is -0.309. The summed E-state index contributed by atoms with van der Waals surface area (Å²) < 4.78 is 0.955. The number of nitrogens with zero attached hydrogens (tertiary/aromatic N) is 1. The van der Waals surface area contributed by atoms with Crippen LogP contribution in [-0.2, 0) is 10.4 Å². The Bertz CT molecular complexity index is 1240. The lowest BCUT2D eigenvalue weighted by Crippen LogP contribution is -2.46. The van der Waals surface area contributed by atoms with Crippen molar-refractivity contribution in [3.05, 3.63) is 99.5 Å². The van der Waals surface area contributed by atoms with Crippen molar-refractivity contribution in [2.45, 2.75) is 18.4 Å². The number of urea groups is 1. The molecule has 180 valence electrons. The molecule has 0 spiro atoms. The summed E-state index contributed by atoms with van der Waals surface area (Å²) in [5.41, 5.74) is 1.78. The van der Waals surface area contributed by atoms with Gasteiger partial charge in [0.25, 0.3) is 0 Å². The molecule has 0 bridgehead atoms. The number of anilines is 2. The zero-order valence-electron chi connectivity index (χ0n) is 18.9. The molecule has 1 heterocycles. The van der Waals surface area contributed by atoms with Gasteiger partial charge in [0, 0.05) is 40.0 Å². The Kier molecular flexibility index (Phi) is 7.90. The molecule has 35 heavy (non-hydrogen) atoms. The number of nitrogens with one attached hydrogen (secondary N) is 2. The van der Waals surface area contributed by atoms with E-state index >= 15 is 0 Å². The van der Waals surface area contributed by atoms with Crippen LogP contribution >= 0.6 is 27.5 Å². The van der Waals surface area contributed by atoms with E-state index in [9.17, 15) is 14.7 Å². The fourth-order valence-electron chi connectivity index (χ4n) is 3.97. The molecular weight excluding hydrogens is 530 g/mol. The number of halogens is 2. The Morgan fingerprint density at radius 3 is 2.29 bits per heavy atom. The van der Waals surface area contributed by atoms with E-state index < -0.39 is 5.60 Å². The summed E-state index contributed by atoms with van der Waals surface area (Å²) in [6.45, 7) is 0.864. The SMILES string of the molecule is O=C(/C=C/c1ccccc1Cl)Nc1cccc(NC(=O)N2CCC(O)(c3ccc(Br)cc3)CC2)c1. The maximum absolute atomic E-state index is 12.8. The highest BCUT2D eigenvalue weighted by atomic mass is 79.9. The molecule has 0 aromatic heterocycles. The van der Waals surface area contributed by atoms with Gasteiger partial charge >= 0.3 is 6.03 Å². The number of benzene rings is 3. The Hall–Kier alpha value is -3.13. The van der Waals surface area contributed by atoms with Crippen LogP contribution in [-0.4, -0.2) is 35.0 Å². The first kappa shape index (κ1) is 25.0. The van der Waals surface area contributed by atoms with Gasteiger partial charge in [-0.2, -0.15) is 0 Å². The minimum Gasteiger partial charge on any atom is -0.385 e. The highest BCUT2D eigenvalue weighted by Gasteiger charge is 2.35. The van der Waals surface area contributed by atoms with Crippen LogP contribution in [0, 0.1) is 0 Å². The van der Waals surface area contributed by atoms with Crippen LogP contribution in [0.4, 0.5) is 16.2 Å². The maximum Gasteiger partial charge on any atom is 0.321 e. The molecule has 1 saturated heterocycles. The number of rotatable bonds is 5. The molecule has 3 aromatic carbocycles. The molecule has 3 N–H and O–H groups in total. The third-order valence-corrected chi connectivity index (χ3v) is 6.83. The van der Waals surface area contributed by atoms with Crippen molar-refractivity contribution in [1.82, 2.24) is 4.90 Å². The van der Waals surface area contributed by atoms with Crippen LogP contribution in [0.3, 0.4) is 0 Å². The second kappa shape index (κ2) is 11.1. The van der Waals surface area contributed by atoms with Gasteiger partial charge in [0.1, 0.15) is 0 Å². The molecule has 8 heteroatoms. The second-order valence-electron chi connectivity index (χ2n) is 8.38. The van der Waals surface area contributed by atoms with E-state index in [-0.39, 0.29) is 11.9 Å². The van der Waals surface area contributed by atoms with Crippen molar-refractivity contribution in [1.29, 1.82) is 0 Å². The zero-order valence-corrected chi connectivity index (χ0v) is 21.2. The molecule has 6 nitrogen and oxygen atoms in total. The number of likely N-dealkylation sites (tertiary alicyclic amines) is 1. The predicted molar refractivity (Wildman–Crippen MR) is 143 cm³/mol. The fraction of sp³-hybridized carbons (Fsp3) is 0.185. The summed E-state index contributed by atoms with van der Waals surface area (Å²) in [5, 5.41) is 17.3. The number of aliphatic hydroxyl groups is 1. The largest absolute Gasteiger partial charge is 0.385 e. The van der Waals surface area contributed by atoms with E-state index in [0.29, 0.717) is 42.3 Å². The Morgan fingerprint density at radius 2 is 1.60 bits per heavy atom. The molecule has 4 rings (SSSR count). The standard InChI is InChI=1S/C27H25BrClN3O3/c28-21-11-9-20(10-12-21)27(35)14-16-32(17-15-27)26(34)31-23-6-3-5-22(18-23)30-25(33)13-8-19-4-1-2-7-24(19)29/h1-13,18,35H,14-17H2,(H,30,33)(H,31,34)/b13-8+. The van der Waals surface area contributed by atoms with E-state index in [4.69, 9.17) is 11.6 Å². The van der Waals surface area contributed by atoms with E-state index in [1.54, 1.807) is 41.3 Å². The van der Waals surface area contributed by atoms with E-state index in [0.717, 1.165) is 15.6 Å². The average Bonchev–Trinajstić information content (AvgIpc) is 2.84. The normalized spacial score (nSPS) is 15.1. The van der Waals surface area contributed by atoms with Crippen LogP contribution in [0.2, 0.25) is 5.02 Å². The third-order valence-electron chi connectivity index (χ3n) is 5.96. The van der Waals surface area contributed by atoms with Crippen molar-refractivity contribution in [2.75, 3.05) is 23.7 Å². The van der Waals surface area contributed by atoms with Gasteiger partial charge in [0.15, 0.2) is 0 Å². The first-order chi connectivity index (χ1) is 16.8. The molecule has 3 amide bonds. The zero-order chi connectivity index (χ0) is 24.8. The average molecular weight is 555 g/mol. The van der Waals surface area contributed by atoms with E-state index in [1.807, 2.05) is 42.5 Å². The van der Waals surface area contributed by atoms with Gasteiger partial charge in [-0.3, -0.25) is 4.79 Å². The van der Waals surface area contributed by atoms with Gasteiger partial charge in [-0.1, -0.05) is 63.9 Å². The number of hydrogen-bond acceptors (Lipinski definition) is 3. The molecule has 0 aliphatic carbocycles. The fourth-order valence-corrected chi connectivity index (χ4v) is 4.43. The van der Waals surface area contributed by atoms with Crippen molar-refractivity contribution in [3.8, 4) is 0 Å². The van der Waals surface area contributed by atoms with E-state index in [2.05, 4.69) is 26.6 Å². The molecule has 1 aliphatic heterocycles. The van der Waals surface area contributed by atoms with Gasteiger partial charge in [0.2, 0.25) is 5.91 Å².